The van der Waals surface area contributed by atoms with E-state index in [4.69, 9.17) is 9.47 Å². The van der Waals surface area contributed by atoms with Gasteiger partial charge in [-0.25, -0.2) is 0 Å². The summed E-state index contributed by atoms with van der Waals surface area (Å²) in [5.41, 5.74) is 8.84. The third-order valence-electron chi connectivity index (χ3n) is 24.8. The molecule has 8 fully saturated rings. The maximum absolute atomic E-state index is 5.27. The van der Waals surface area contributed by atoms with Crippen molar-refractivity contribution in [1.29, 1.82) is 0 Å². The summed E-state index contributed by atoms with van der Waals surface area (Å²) in [4.78, 5) is 0. The molecule has 4 aromatic carbocycles. The van der Waals surface area contributed by atoms with E-state index in [1.54, 1.807) is 25.3 Å². The van der Waals surface area contributed by atoms with Gasteiger partial charge in [0.05, 0.1) is 14.2 Å². The molecular weight excluding hydrogens is 1160 g/mol. The van der Waals surface area contributed by atoms with Gasteiger partial charge in [0, 0.05) is 0 Å². The fourth-order valence-electron chi connectivity index (χ4n) is 18.0. The fraction of sp³-hybridized carbons (Fsp3) is 0.574. The van der Waals surface area contributed by atoms with Crippen molar-refractivity contribution < 1.29 is 9.47 Å². The second-order valence-electron chi connectivity index (χ2n) is 31.6. The van der Waals surface area contributed by atoms with Gasteiger partial charge in [-0.1, -0.05) is 169 Å². The third-order valence-corrected chi connectivity index (χ3v) is 24.8. The molecule has 0 bridgehead atoms. The summed E-state index contributed by atoms with van der Waals surface area (Å²) in [7, 11) is 3.47. The summed E-state index contributed by atoms with van der Waals surface area (Å²) in [6.07, 6.45) is 77.6. The highest BCUT2D eigenvalue weighted by Gasteiger charge is 2.27. The molecule has 8 aliphatic rings. The minimum Gasteiger partial charge on any atom is -0.497 e. The van der Waals surface area contributed by atoms with E-state index in [9.17, 15) is 0 Å². The molecule has 0 aliphatic heterocycles. The standard InChI is InChI=1S/C24H34O.C24H34.C23H32O.C23H32/c1-3-4-19-5-7-20(8-6-19)9-10-21-11-13-22(14-12-21)23-15-17-24(25-2)18-16-23;1-3-4-20-7-9-21(10-8-20)11-12-22-13-17-24(18-14-22)23-15-5-19(2)6-16-23;1-3-18-4-6-19(7-5-18)8-9-20-10-12-21(13-11-20)22-14-16-23(24-2)17-15-22;1-3-19-6-8-20(9-7-19)10-11-21-12-16-23(17-13-21)22-14-4-18(2)5-15-22/h3-4,9-10,15-22H,5-8,11-14H2,1-2H3;3-6,11-12,15-16,20-22,24H,7-10,13-14,17-18H2,1-2H3;3,8-9,14-21H,1,4-7,10-13H2,2H3;3-5,10-11,14-15,19-21,23H,1,6-9,12-13,16-17H2,2H3/b4-3+,10-9+;4-3+,12-11+;9-8+;11-10+. The molecule has 8 aliphatic carbocycles. The SMILES string of the molecule is C/C=C/C1CCC(/C=C/C2CCC(c3ccc(C)cc3)CC2)CC1.C/C=C/C1CCC(/C=C/C2CCC(c3ccc(OC)cc3)CC2)CC1.C=CC1CCC(/C=C/C2CCC(c3ccc(C)cc3)CC2)CC1.C=CC1CCC(/C=C/C2CCC(c3ccc(OC)cc3)CC2)CC1. The molecule has 0 spiro atoms. The molecule has 96 heavy (non-hydrogen) atoms. The molecule has 0 amide bonds. The van der Waals surface area contributed by atoms with E-state index in [2.05, 4.69) is 223 Å². The predicted molar refractivity (Wildman–Crippen MR) is 416 cm³/mol. The van der Waals surface area contributed by atoms with Crippen LogP contribution in [-0.2, 0) is 0 Å². The molecule has 0 atom stereocenters. The van der Waals surface area contributed by atoms with Crippen LogP contribution in [0.2, 0.25) is 0 Å². The van der Waals surface area contributed by atoms with E-state index in [1.807, 2.05) is 0 Å². The van der Waals surface area contributed by atoms with E-state index >= 15 is 0 Å². The van der Waals surface area contributed by atoms with Gasteiger partial charge in [-0.05, 0) is 374 Å². The molecule has 0 N–H and O–H groups in total. The highest BCUT2D eigenvalue weighted by molar-refractivity contribution is 5.32. The Balaban J connectivity index is 0.000000150. The Hall–Kier alpha value is -5.60. The van der Waals surface area contributed by atoms with E-state index in [0.29, 0.717) is 0 Å². The normalized spacial score (nSPS) is 31.4. The van der Waals surface area contributed by atoms with Crippen LogP contribution in [0.25, 0.3) is 0 Å². The molecule has 2 nitrogen and oxygen atoms in total. The number of methoxy groups -OCH3 is 2. The maximum atomic E-state index is 5.27. The summed E-state index contributed by atoms with van der Waals surface area (Å²) in [5, 5.41) is 0. The summed E-state index contributed by atoms with van der Waals surface area (Å²) in [6.45, 7) is 16.5. The number of benzene rings is 4. The largest absolute Gasteiger partial charge is 0.497 e. The first kappa shape index (κ1) is 74.6. The van der Waals surface area contributed by atoms with Crippen LogP contribution in [0.3, 0.4) is 0 Å². The highest BCUT2D eigenvalue weighted by Crippen LogP contribution is 2.43. The Morgan fingerprint density at radius 2 is 0.406 bits per heavy atom. The lowest BCUT2D eigenvalue weighted by atomic mass is 9.77. The summed E-state index contributed by atoms with van der Waals surface area (Å²) in [6, 6.07) is 35.8. The van der Waals surface area contributed by atoms with Gasteiger partial charge in [0.25, 0.3) is 0 Å². The van der Waals surface area contributed by atoms with Crippen molar-refractivity contribution in [3.05, 3.63) is 229 Å². The van der Waals surface area contributed by atoms with Crippen LogP contribution in [0.4, 0.5) is 0 Å². The lowest BCUT2D eigenvalue weighted by Gasteiger charge is -2.28. The Kier molecular flexibility index (Phi) is 31.9. The van der Waals surface area contributed by atoms with Gasteiger partial charge in [-0.15, -0.1) is 13.2 Å². The second-order valence-corrected chi connectivity index (χ2v) is 31.6. The van der Waals surface area contributed by atoms with E-state index < -0.39 is 0 Å². The van der Waals surface area contributed by atoms with Gasteiger partial charge in [0.2, 0.25) is 0 Å². The van der Waals surface area contributed by atoms with Gasteiger partial charge < -0.3 is 9.47 Å². The van der Waals surface area contributed by atoms with Gasteiger partial charge in [0.15, 0.2) is 0 Å². The average Bonchev–Trinajstić information content (AvgIpc) is 1.23. The van der Waals surface area contributed by atoms with Crippen LogP contribution in [0.5, 0.6) is 11.5 Å². The second kappa shape index (κ2) is 41.1. The van der Waals surface area contributed by atoms with Crippen molar-refractivity contribution in [2.45, 2.75) is 257 Å². The molecule has 0 aromatic heterocycles. The van der Waals surface area contributed by atoms with Gasteiger partial charge in [-0.3, -0.25) is 0 Å². The zero-order chi connectivity index (χ0) is 67.1. The Bertz CT molecular complexity index is 2940. The lowest BCUT2D eigenvalue weighted by Crippen LogP contribution is -2.13. The quantitative estimate of drug-likeness (QED) is 0.0925. The van der Waals surface area contributed by atoms with Gasteiger partial charge in [-0.2, -0.15) is 0 Å². The minimum atomic E-state index is 0.739. The van der Waals surface area contributed by atoms with Crippen LogP contribution in [0.1, 0.15) is 276 Å². The Labute approximate surface area is 588 Å². The molecular formula is C94H132O2. The molecule has 0 heterocycles. The molecule has 520 valence electrons. The van der Waals surface area contributed by atoms with Crippen LogP contribution >= 0.6 is 0 Å². The van der Waals surface area contributed by atoms with E-state index in [1.165, 1.54) is 228 Å². The number of allylic oxidation sites excluding steroid dienone is 14. The molecule has 0 unspecified atom stereocenters. The predicted octanol–water partition coefficient (Wildman–Crippen LogP) is 27.5. The van der Waals surface area contributed by atoms with Gasteiger partial charge >= 0.3 is 0 Å². The summed E-state index contributed by atoms with van der Waals surface area (Å²) < 4.78 is 10.5. The molecule has 4 aromatic rings. The summed E-state index contributed by atoms with van der Waals surface area (Å²) in [5.74, 6) is 14.9. The smallest absolute Gasteiger partial charge is 0.118 e. The number of ether oxygens (including phenoxy) is 2. The van der Waals surface area contributed by atoms with Crippen molar-refractivity contribution >= 4 is 0 Å². The zero-order valence-corrected chi connectivity index (χ0v) is 61.4. The first-order valence-corrected chi connectivity index (χ1v) is 39.7. The first-order valence-electron chi connectivity index (χ1n) is 39.7. The first-order chi connectivity index (χ1) is 47.0. The molecule has 0 saturated heterocycles. The topological polar surface area (TPSA) is 18.5 Å². The maximum Gasteiger partial charge on any atom is 0.118 e. The summed E-state index contributed by atoms with van der Waals surface area (Å²) >= 11 is 0. The molecule has 2 heteroatoms. The number of hydrogen-bond acceptors (Lipinski definition) is 2. The number of aryl methyl sites for hydroxylation is 2. The van der Waals surface area contributed by atoms with Crippen molar-refractivity contribution in [3.8, 4) is 11.5 Å². The van der Waals surface area contributed by atoms with Crippen molar-refractivity contribution in [1.82, 2.24) is 0 Å². The highest BCUT2D eigenvalue weighted by atomic mass is 16.5. The van der Waals surface area contributed by atoms with Crippen LogP contribution in [0.15, 0.2) is 195 Å². The van der Waals surface area contributed by atoms with Crippen molar-refractivity contribution in [3.63, 3.8) is 0 Å². The number of hydrogen-bond donors (Lipinski definition) is 0. The molecule has 8 saturated carbocycles. The Morgan fingerprint density at radius 1 is 0.240 bits per heavy atom. The van der Waals surface area contributed by atoms with E-state index in [0.717, 1.165) is 106 Å². The minimum absolute atomic E-state index is 0.739. The third kappa shape index (κ3) is 25.0. The van der Waals surface area contributed by atoms with Crippen LogP contribution < -0.4 is 9.47 Å². The average molecular weight is 1290 g/mol. The van der Waals surface area contributed by atoms with Crippen molar-refractivity contribution in [2.24, 2.45) is 71.0 Å². The van der Waals surface area contributed by atoms with E-state index in [-0.39, 0.29) is 0 Å². The molecule has 0 radical (unpaired) electrons. The molecule has 12 rings (SSSR count). The van der Waals surface area contributed by atoms with Gasteiger partial charge in [0.1, 0.15) is 11.5 Å². The monoisotopic (exact) mass is 1290 g/mol. The fourth-order valence-corrected chi connectivity index (χ4v) is 18.0. The van der Waals surface area contributed by atoms with Crippen molar-refractivity contribution in [2.75, 3.05) is 14.2 Å². The Morgan fingerprint density at radius 3 is 0.583 bits per heavy atom. The zero-order valence-electron chi connectivity index (χ0n) is 61.4. The number of rotatable bonds is 18. The lowest BCUT2D eigenvalue weighted by molar-refractivity contribution is 0.348. The van der Waals surface area contributed by atoms with Crippen LogP contribution in [-0.4, -0.2) is 14.2 Å². The van der Waals surface area contributed by atoms with Crippen LogP contribution in [0, 0.1) is 84.9 Å².